The second-order valence-corrected chi connectivity index (χ2v) is 5.54. The molecule has 0 unspecified atom stereocenters. The summed E-state index contributed by atoms with van der Waals surface area (Å²) in [6.45, 7) is 6.86. The summed E-state index contributed by atoms with van der Waals surface area (Å²) in [5, 5.41) is 6.42. The average Bonchev–Trinajstić information content (AvgIpc) is 2.90. The smallest absolute Gasteiger partial charge is 0.246 e. The first-order valence-electron chi connectivity index (χ1n) is 7.30. The van der Waals surface area contributed by atoms with Crippen molar-refractivity contribution in [3.8, 4) is 5.75 Å². The van der Waals surface area contributed by atoms with Gasteiger partial charge in [-0.25, -0.2) is 0 Å². The molecule has 0 bridgehead atoms. The van der Waals surface area contributed by atoms with Gasteiger partial charge < -0.3 is 14.6 Å². The van der Waals surface area contributed by atoms with Gasteiger partial charge in [0.1, 0.15) is 5.75 Å². The van der Waals surface area contributed by atoms with Crippen LogP contribution in [-0.2, 0) is 17.8 Å². The van der Waals surface area contributed by atoms with Crippen molar-refractivity contribution in [1.82, 2.24) is 15.5 Å². The molecule has 1 aromatic heterocycles. The highest BCUT2D eigenvalue weighted by Crippen LogP contribution is 2.13. The third-order valence-corrected chi connectivity index (χ3v) is 2.88. The monoisotopic (exact) mass is 303 g/mol. The molecule has 0 aliphatic heterocycles. The maximum atomic E-state index is 11.9. The van der Waals surface area contributed by atoms with Crippen LogP contribution in [0.5, 0.6) is 5.75 Å². The molecule has 0 aliphatic rings. The largest absolute Gasteiger partial charge is 0.493 e. The zero-order valence-corrected chi connectivity index (χ0v) is 13.1. The first-order valence-corrected chi connectivity index (χ1v) is 7.30. The minimum atomic E-state index is -0.0910. The highest BCUT2D eigenvalue weighted by atomic mass is 16.5. The number of rotatable bonds is 7. The van der Waals surface area contributed by atoms with Crippen LogP contribution in [0.4, 0.5) is 0 Å². The van der Waals surface area contributed by atoms with Gasteiger partial charge in [0.15, 0.2) is 5.82 Å². The lowest BCUT2D eigenvalue weighted by Gasteiger charge is -2.09. The zero-order valence-electron chi connectivity index (χ0n) is 13.1. The van der Waals surface area contributed by atoms with Crippen LogP contribution < -0.4 is 10.1 Å². The lowest BCUT2D eigenvalue weighted by Crippen LogP contribution is -2.24. The molecule has 1 heterocycles. The van der Waals surface area contributed by atoms with Crippen molar-refractivity contribution in [3.05, 3.63) is 41.5 Å². The van der Waals surface area contributed by atoms with E-state index in [1.807, 2.05) is 24.3 Å². The molecule has 2 rings (SSSR count). The fraction of sp³-hybridized carbons (Fsp3) is 0.438. The molecule has 1 aromatic carbocycles. The van der Waals surface area contributed by atoms with E-state index < -0.39 is 0 Å². The van der Waals surface area contributed by atoms with E-state index in [9.17, 15) is 4.79 Å². The molecule has 6 nitrogen and oxygen atoms in total. The van der Waals surface area contributed by atoms with E-state index in [4.69, 9.17) is 9.26 Å². The van der Waals surface area contributed by atoms with E-state index in [-0.39, 0.29) is 12.5 Å². The van der Waals surface area contributed by atoms with Crippen LogP contribution in [-0.4, -0.2) is 22.7 Å². The van der Waals surface area contributed by atoms with E-state index in [1.165, 1.54) is 0 Å². The molecule has 0 aliphatic carbocycles. The molecule has 118 valence electrons. The topological polar surface area (TPSA) is 77.2 Å². The number of hydrogen-bond acceptors (Lipinski definition) is 5. The second kappa shape index (κ2) is 7.59. The number of aromatic nitrogens is 2. The summed E-state index contributed by atoms with van der Waals surface area (Å²) in [5.74, 6) is 2.18. The van der Waals surface area contributed by atoms with Crippen LogP contribution in [0.1, 0.15) is 31.1 Å². The Morgan fingerprint density at radius 2 is 2.05 bits per heavy atom. The van der Waals surface area contributed by atoms with Crippen molar-refractivity contribution in [1.29, 1.82) is 0 Å². The fourth-order valence-electron chi connectivity index (χ4n) is 1.80. The number of carbonyl (C=O) groups excluding carboxylic acids is 1. The summed E-state index contributed by atoms with van der Waals surface area (Å²) >= 11 is 0. The van der Waals surface area contributed by atoms with Crippen molar-refractivity contribution >= 4 is 5.91 Å². The summed E-state index contributed by atoms with van der Waals surface area (Å²) in [6, 6.07) is 7.55. The standard InChI is InChI=1S/C16H21N3O3/c1-11(2)10-21-14-6-4-13(5-7-14)8-15(20)17-9-16-18-12(3)19-22-16/h4-7,11H,8-10H2,1-3H3,(H,17,20). The molecule has 1 amide bonds. The van der Waals surface area contributed by atoms with E-state index in [1.54, 1.807) is 6.92 Å². The van der Waals surface area contributed by atoms with Crippen molar-refractivity contribution in [3.63, 3.8) is 0 Å². The molecule has 1 N–H and O–H groups in total. The quantitative estimate of drug-likeness (QED) is 0.849. The summed E-state index contributed by atoms with van der Waals surface area (Å²) in [6.07, 6.45) is 0.303. The number of ether oxygens (including phenoxy) is 1. The molecule has 0 fully saturated rings. The Morgan fingerprint density at radius 1 is 1.32 bits per heavy atom. The van der Waals surface area contributed by atoms with Gasteiger partial charge in [-0.3, -0.25) is 4.79 Å². The predicted octanol–water partition coefficient (Wildman–Crippen LogP) is 2.27. The number of aryl methyl sites for hydroxylation is 1. The van der Waals surface area contributed by atoms with Crippen LogP contribution in [0.2, 0.25) is 0 Å². The molecule has 22 heavy (non-hydrogen) atoms. The molecular weight excluding hydrogens is 282 g/mol. The van der Waals surface area contributed by atoms with Crippen LogP contribution in [0.3, 0.4) is 0 Å². The molecule has 0 saturated carbocycles. The van der Waals surface area contributed by atoms with E-state index in [0.29, 0.717) is 30.7 Å². The molecular formula is C16H21N3O3. The van der Waals surface area contributed by atoms with Crippen molar-refractivity contribution < 1.29 is 14.1 Å². The number of amides is 1. The van der Waals surface area contributed by atoms with Crippen LogP contribution >= 0.6 is 0 Å². The second-order valence-electron chi connectivity index (χ2n) is 5.54. The van der Waals surface area contributed by atoms with Crippen LogP contribution in [0.25, 0.3) is 0 Å². The van der Waals surface area contributed by atoms with Crippen molar-refractivity contribution in [2.75, 3.05) is 6.61 Å². The molecule has 6 heteroatoms. The Bertz CT molecular complexity index is 605. The van der Waals surface area contributed by atoms with Gasteiger partial charge in [-0.1, -0.05) is 31.1 Å². The maximum absolute atomic E-state index is 11.9. The maximum Gasteiger partial charge on any atom is 0.246 e. The number of nitrogens with one attached hydrogen (secondary N) is 1. The minimum absolute atomic E-state index is 0.0910. The minimum Gasteiger partial charge on any atom is -0.493 e. The van der Waals surface area contributed by atoms with Gasteiger partial charge in [0.25, 0.3) is 0 Å². The molecule has 0 spiro atoms. The molecule has 0 saturated heterocycles. The third-order valence-electron chi connectivity index (χ3n) is 2.88. The summed E-state index contributed by atoms with van der Waals surface area (Å²) in [4.78, 5) is 15.9. The number of nitrogens with zero attached hydrogens (tertiary/aromatic N) is 2. The average molecular weight is 303 g/mol. The zero-order chi connectivity index (χ0) is 15.9. The van der Waals surface area contributed by atoms with Gasteiger partial charge in [-0.2, -0.15) is 4.98 Å². The Hall–Kier alpha value is -2.37. The Kier molecular flexibility index (Phi) is 5.52. The van der Waals surface area contributed by atoms with Gasteiger partial charge in [-0.15, -0.1) is 0 Å². The summed E-state index contributed by atoms with van der Waals surface area (Å²) < 4.78 is 10.5. The van der Waals surface area contributed by atoms with Crippen molar-refractivity contribution in [2.24, 2.45) is 5.92 Å². The normalized spacial score (nSPS) is 10.7. The SMILES string of the molecule is Cc1noc(CNC(=O)Cc2ccc(OCC(C)C)cc2)n1. The van der Waals surface area contributed by atoms with Crippen LogP contribution in [0, 0.1) is 12.8 Å². The van der Waals surface area contributed by atoms with E-state index >= 15 is 0 Å². The fourth-order valence-corrected chi connectivity index (χ4v) is 1.80. The predicted molar refractivity (Wildman–Crippen MR) is 81.4 cm³/mol. The van der Waals surface area contributed by atoms with E-state index in [0.717, 1.165) is 11.3 Å². The molecule has 0 radical (unpaired) electrons. The number of hydrogen-bond donors (Lipinski definition) is 1. The lowest BCUT2D eigenvalue weighted by atomic mass is 10.1. The summed E-state index contributed by atoms with van der Waals surface area (Å²) in [7, 11) is 0. The number of carbonyl (C=O) groups is 1. The van der Waals surface area contributed by atoms with Gasteiger partial charge in [0, 0.05) is 0 Å². The Morgan fingerprint density at radius 3 is 2.64 bits per heavy atom. The van der Waals surface area contributed by atoms with E-state index in [2.05, 4.69) is 29.3 Å². The molecule has 2 aromatic rings. The number of benzene rings is 1. The molecule has 0 atom stereocenters. The Balaban J connectivity index is 1.78. The third kappa shape index (κ3) is 5.20. The lowest BCUT2D eigenvalue weighted by molar-refractivity contribution is -0.120. The highest BCUT2D eigenvalue weighted by Gasteiger charge is 2.07. The first-order chi connectivity index (χ1) is 10.5. The van der Waals surface area contributed by atoms with Gasteiger partial charge in [0.2, 0.25) is 11.8 Å². The highest BCUT2D eigenvalue weighted by molar-refractivity contribution is 5.78. The van der Waals surface area contributed by atoms with Gasteiger partial charge >= 0.3 is 0 Å². The Labute approximate surface area is 129 Å². The summed E-state index contributed by atoms with van der Waals surface area (Å²) in [5.41, 5.74) is 0.927. The first kappa shape index (κ1) is 16.0. The van der Waals surface area contributed by atoms with Crippen LogP contribution in [0.15, 0.2) is 28.8 Å². The van der Waals surface area contributed by atoms with Crippen molar-refractivity contribution in [2.45, 2.75) is 33.7 Å². The van der Waals surface area contributed by atoms with Gasteiger partial charge in [0.05, 0.1) is 19.6 Å². The van der Waals surface area contributed by atoms with Gasteiger partial charge in [-0.05, 0) is 30.5 Å².